The van der Waals surface area contributed by atoms with Gasteiger partial charge in [-0.25, -0.2) is 4.98 Å². The summed E-state index contributed by atoms with van der Waals surface area (Å²) in [6, 6.07) is 73.2. The summed E-state index contributed by atoms with van der Waals surface area (Å²) in [6.45, 7) is 6.70. The fraction of sp³-hybridized carbons (Fsp3) is 0.0625. The maximum Gasteiger partial charge on any atom is 0.269 e. The Balaban J connectivity index is 0.953. The van der Waals surface area contributed by atoms with Crippen molar-refractivity contribution in [2.24, 2.45) is 0 Å². The Morgan fingerprint density at radius 3 is 1.97 bits per heavy atom. The lowest BCUT2D eigenvalue weighted by Gasteiger charge is -2.20. The zero-order valence-electron chi connectivity index (χ0n) is 38.8. The van der Waals surface area contributed by atoms with E-state index in [0.29, 0.717) is 11.5 Å². The van der Waals surface area contributed by atoms with E-state index in [-0.39, 0.29) is 5.41 Å². The molecule has 5 heterocycles. The van der Waals surface area contributed by atoms with Gasteiger partial charge in [0.2, 0.25) is 0 Å². The van der Waals surface area contributed by atoms with Gasteiger partial charge in [-0.3, -0.25) is 13.7 Å². The number of imidazole rings is 1. The van der Waals surface area contributed by atoms with Crippen LogP contribution in [0.3, 0.4) is 0 Å². The second-order valence-corrected chi connectivity index (χ2v) is 19.3. The minimum absolute atomic E-state index is 0.0767. The number of hydrogen-bond acceptors (Lipinski definition) is 3. The monoisotopic (exact) mass is 900 g/mol. The molecule has 0 aliphatic carbocycles. The third-order valence-electron chi connectivity index (χ3n) is 14.1. The van der Waals surface area contributed by atoms with Gasteiger partial charge < -0.3 is 9.15 Å². The highest BCUT2D eigenvalue weighted by atomic mass is 16.5. The number of aromatic nitrogens is 4. The molecule has 0 spiro atoms. The molecule has 332 valence electrons. The predicted octanol–water partition coefficient (Wildman–Crippen LogP) is 16.2. The zero-order valence-corrected chi connectivity index (χ0v) is 38.8. The highest BCUT2D eigenvalue weighted by Crippen LogP contribution is 2.46. The Morgan fingerprint density at radius 2 is 1.16 bits per heavy atom. The second kappa shape index (κ2) is 15.3. The molecule has 0 radical (unpaired) electrons. The molecule has 4 aromatic heterocycles. The van der Waals surface area contributed by atoms with Crippen molar-refractivity contribution in [3.63, 3.8) is 0 Å². The van der Waals surface area contributed by atoms with Crippen molar-refractivity contribution in [2.45, 2.75) is 26.2 Å². The largest absolute Gasteiger partial charge is 0.458 e. The van der Waals surface area contributed by atoms with Crippen molar-refractivity contribution in [3.05, 3.63) is 224 Å². The lowest BCUT2D eigenvalue weighted by Crippen LogP contribution is -2.32. The molecule has 1 aliphatic heterocycles. The molecule has 70 heavy (non-hydrogen) atoms. The standard InChI is InChI=1S/C64H44N4O2/c1-64(2,3)41-34-35-65-59(36-41)68-57-38-44(30-31-50(57)54-32-33-55-51-24-11-12-29-58(51)70-63(55)62(54)68)69-43-19-13-18-42(37-43)66-39-67-60-45(40-16-5-4-6-17-40)25-14-26-52(60)48-22-9-7-20-46(48)47-21-8-10-23-49(47)53-27-15-28-56(66)61(53)67/h4-38H,1-3H3. The van der Waals surface area contributed by atoms with Crippen molar-refractivity contribution in [3.8, 4) is 73.2 Å². The maximum absolute atomic E-state index is 6.91. The van der Waals surface area contributed by atoms with Crippen LogP contribution in [0.15, 0.2) is 217 Å². The molecule has 1 aliphatic rings. The molecule has 0 saturated heterocycles. The van der Waals surface area contributed by atoms with Gasteiger partial charge in [-0.05, 0) is 110 Å². The number of fused-ring (bicyclic) bond motifs is 14. The predicted molar refractivity (Wildman–Crippen MR) is 284 cm³/mol. The summed E-state index contributed by atoms with van der Waals surface area (Å²) in [5.74, 6) is 2.24. The van der Waals surface area contributed by atoms with E-state index in [2.05, 4.69) is 229 Å². The fourth-order valence-electron chi connectivity index (χ4n) is 10.9. The molecule has 0 bridgehead atoms. The van der Waals surface area contributed by atoms with Crippen molar-refractivity contribution in [2.75, 3.05) is 0 Å². The van der Waals surface area contributed by atoms with Crippen LogP contribution in [0.25, 0.3) is 116 Å². The highest BCUT2D eigenvalue weighted by molar-refractivity contribution is 6.21. The van der Waals surface area contributed by atoms with E-state index in [1.807, 2.05) is 24.4 Å². The van der Waals surface area contributed by atoms with Crippen LogP contribution in [0.1, 0.15) is 26.3 Å². The van der Waals surface area contributed by atoms with Gasteiger partial charge in [-0.1, -0.05) is 166 Å². The lowest BCUT2D eigenvalue weighted by molar-refractivity contribution is -0.570. The number of ether oxygens (including phenoxy) is 1. The van der Waals surface area contributed by atoms with E-state index in [9.17, 15) is 0 Å². The summed E-state index contributed by atoms with van der Waals surface area (Å²) in [7, 11) is 0. The number of pyridine rings is 1. The first-order valence-electron chi connectivity index (χ1n) is 23.9. The number of para-hydroxylation sites is 3. The number of hydrogen-bond donors (Lipinski definition) is 0. The summed E-state index contributed by atoms with van der Waals surface area (Å²) < 4.78 is 20.3. The molecule has 0 atom stereocenters. The molecule has 6 nitrogen and oxygen atoms in total. The third kappa shape index (κ3) is 6.13. The van der Waals surface area contributed by atoms with E-state index in [4.69, 9.17) is 14.1 Å². The van der Waals surface area contributed by atoms with Crippen LogP contribution in [-0.4, -0.2) is 14.1 Å². The molecule has 9 aromatic carbocycles. The first kappa shape index (κ1) is 40.1. The van der Waals surface area contributed by atoms with E-state index in [1.54, 1.807) is 0 Å². The van der Waals surface area contributed by atoms with Gasteiger partial charge in [0.1, 0.15) is 22.9 Å². The second-order valence-electron chi connectivity index (χ2n) is 19.3. The Morgan fingerprint density at radius 1 is 0.514 bits per heavy atom. The van der Waals surface area contributed by atoms with Crippen LogP contribution in [0.4, 0.5) is 0 Å². The average Bonchev–Trinajstić information content (AvgIpc) is 4.09. The van der Waals surface area contributed by atoms with Crippen LogP contribution >= 0.6 is 0 Å². The van der Waals surface area contributed by atoms with Crippen LogP contribution in [0.5, 0.6) is 11.5 Å². The van der Waals surface area contributed by atoms with Crippen LogP contribution in [0.2, 0.25) is 0 Å². The van der Waals surface area contributed by atoms with Crippen LogP contribution in [0, 0.1) is 6.33 Å². The van der Waals surface area contributed by atoms with E-state index in [0.717, 1.165) is 94.2 Å². The van der Waals surface area contributed by atoms with Gasteiger partial charge in [0, 0.05) is 33.8 Å². The molecule has 0 amide bonds. The molecule has 0 saturated carbocycles. The topological polar surface area (TPSA) is 49.0 Å². The Bertz CT molecular complexity index is 4260. The minimum atomic E-state index is -0.0767. The summed E-state index contributed by atoms with van der Waals surface area (Å²) >= 11 is 0. The van der Waals surface area contributed by atoms with Gasteiger partial charge in [0.15, 0.2) is 5.58 Å². The van der Waals surface area contributed by atoms with Crippen molar-refractivity contribution in [1.29, 1.82) is 0 Å². The smallest absolute Gasteiger partial charge is 0.269 e. The average molecular weight is 901 g/mol. The quantitative estimate of drug-likeness (QED) is 0.128. The minimum Gasteiger partial charge on any atom is -0.458 e. The first-order valence-corrected chi connectivity index (χ1v) is 23.9. The molecule has 6 heteroatoms. The number of benzene rings is 9. The molecule has 14 rings (SSSR count). The molecule has 0 N–H and O–H groups in total. The Labute approximate surface area is 404 Å². The fourth-order valence-corrected chi connectivity index (χ4v) is 10.9. The molecular weight excluding hydrogens is 857 g/mol. The van der Waals surface area contributed by atoms with Crippen molar-refractivity contribution in [1.82, 2.24) is 14.1 Å². The molecule has 0 unspecified atom stereocenters. The van der Waals surface area contributed by atoms with Gasteiger partial charge >= 0.3 is 0 Å². The zero-order chi connectivity index (χ0) is 46.7. The summed E-state index contributed by atoms with van der Waals surface area (Å²) in [6.07, 6.45) is 5.84. The lowest BCUT2D eigenvalue weighted by atomic mass is 9.88. The molecule has 13 aromatic rings. The maximum atomic E-state index is 6.91. The summed E-state index contributed by atoms with van der Waals surface area (Å²) in [5.41, 5.74) is 18.1. The number of rotatable bonds is 5. The van der Waals surface area contributed by atoms with Gasteiger partial charge in [-0.2, -0.15) is 0 Å². The highest BCUT2D eigenvalue weighted by Gasteiger charge is 2.27. The summed E-state index contributed by atoms with van der Waals surface area (Å²) in [4.78, 5) is 5.01. The number of nitrogens with zero attached hydrogens (tertiary/aromatic N) is 4. The van der Waals surface area contributed by atoms with Crippen molar-refractivity contribution < 1.29 is 13.7 Å². The molecular formula is C64H44N4O2. The van der Waals surface area contributed by atoms with Gasteiger partial charge in [0.05, 0.1) is 33.4 Å². The first-order chi connectivity index (χ1) is 34.4. The molecule has 0 fully saturated rings. The normalized spacial score (nSPS) is 12.2. The van der Waals surface area contributed by atoms with E-state index in [1.165, 1.54) is 27.8 Å². The van der Waals surface area contributed by atoms with Crippen molar-refractivity contribution >= 4 is 54.8 Å². The van der Waals surface area contributed by atoms with Crippen LogP contribution < -0.4 is 9.30 Å². The van der Waals surface area contributed by atoms with Gasteiger partial charge in [-0.15, -0.1) is 0 Å². The van der Waals surface area contributed by atoms with Gasteiger partial charge in [0.25, 0.3) is 6.33 Å². The van der Waals surface area contributed by atoms with E-state index < -0.39 is 0 Å². The summed E-state index contributed by atoms with van der Waals surface area (Å²) in [5, 5.41) is 4.33. The third-order valence-corrected chi connectivity index (χ3v) is 14.1. The van der Waals surface area contributed by atoms with E-state index >= 15 is 0 Å². The number of furan rings is 1. The van der Waals surface area contributed by atoms with Crippen LogP contribution in [-0.2, 0) is 5.41 Å². The Kier molecular flexibility index (Phi) is 8.74. The Hall–Kier alpha value is -9.00. The SMILES string of the molecule is CC(C)(C)c1ccnc(-n2c3cc(Oc4cccc(-n5[c-][n+]6c7c(cccc75)-c5ccccc5-c5ccccc5-c5cccc(-c7ccccc7)c5-6)c4)ccc3c3ccc4c5ccccc5oc4c32)c1.